The van der Waals surface area contributed by atoms with Crippen LogP contribution in [0.3, 0.4) is 0 Å². The Hall–Kier alpha value is -3.95. The first kappa shape index (κ1) is 27.6. The fraction of sp³-hybridized carbons (Fsp3) is 0.258. The Kier molecular flexibility index (Phi) is 7.78. The molecule has 0 bridgehead atoms. The average Bonchev–Trinajstić information content (AvgIpc) is 3.34. The highest BCUT2D eigenvalue weighted by atomic mass is 32.1. The number of nitrogens with zero attached hydrogens (tertiary/aromatic N) is 2. The summed E-state index contributed by atoms with van der Waals surface area (Å²) in [5, 5.41) is 16.9. The van der Waals surface area contributed by atoms with E-state index in [9.17, 15) is 14.7 Å². The number of carboxylic acid groups (broad SMARTS) is 1. The van der Waals surface area contributed by atoms with Crippen LogP contribution in [-0.4, -0.2) is 26.9 Å². The first-order valence-electron chi connectivity index (χ1n) is 13.1. The zero-order valence-electron chi connectivity index (χ0n) is 22.6. The summed E-state index contributed by atoms with van der Waals surface area (Å²) in [6, 6.07) is 13.8. The zero-order chi connectivity index (χ0) is 28.4. The van der Waals surface area contributed by atoms with Gasteiger partial charge in [-0.15, -0.1) is 22.7 Å². The predicted molar refractivity (Wildman–Crippen MR) is 163 cm³/mol. The lowest BCUT2D eigenvalue weighted by Crippen LogP contribution is -2.18. The molecular weight excluding hydrogens is 542 g/mol. The molecule has 3 aromatic heterocycles. The number of thiophene rings is 2. The van der Waals surface area contributed by atoms with E-state index in [0.29, 0.717) is 18.7 Å². The molecule has 1 saturated carbocycles. The van der Waals surface area contributed by atoms with E-state index < -0.39 is 23.6 Å². The number of nitrogens with one attached hydrogen (secondary N) is 1. The van der Waals surface area contributed by atoms with Crippen molar-refractivity contribution in [2.24, 2.45) is 12.5 Å². The van der Waals surface area contributed by atoms with Crippen LogP contribution in [0.4, 0.5) is 10.6 Å². The van der Waals surface area contributed by atoms with Crippen LogP contribution < -0.4 is 5.32 Å². The molecule has 1 aliphatic rings. The Morgan fingerprint density at radius 2 is 1.93 bits per heavy atom. The molecule has 7 nitrogen and oxygen atoms in total. The summed E-state index contributed by atoms with van der Waals surface area (Å²) in [6.07, 6.45) is 8.79. The fourth-order valence-corrected chi connectivity index (χ4v) is 7.00. The highest BCUT2D eigenvalue weighted by Crippen LogP contribution is 2.53. The van der Waals surface area contributed by atoms with Crippen molar-refractivity contribution < 1.29 is 19.4 Å². The lowest BCUT2D eigenvalue weighted by Gasteiger charge is -2.14. The summed E-state index contributed by atoms with van der Waals surface area (Å²) in [4.78, 5) is 26.5. The normalized spacial score (nSPS) is 15.3. The second-order valence-electron chi connectivity index (χ2n) is 9.88. The standard InChI is InChI=1S/C31H31N3O4S2/c1-5-9-22(31(14-15-31)29(35)36)13-12-19(2)24-16-26-27(39-24)17-25(40-26)23-18-32-34(4)28(23)33-30(37)38-20(3)21-10-7-6-8-11-21/h6-13,16-18,20H,2,5,14-15H2,1,3-4H3,(H,33,37)(H,35,36)/b13-12-,22-9+/t20-/m1/s1. The molecule has 0 spiro atoms. The second kappa shape index (κ2) is 11.3. The van der Waals surface area contributed by atoms with Gasteiger partial charge in [-0.1, -0.05) is 62.1 Å². The van der Waals surface area contributed by atoms with Gasteiger partial charge in [0.25, 0.3) is 0 Å². The van der Waals surface area contributed by atoms with Crippen LogP contribution >= 0.6 is 22.7 Å². The van der Waals surface area contributed by atoms with Crippen LogP contribution in [0.25, 0.3) is 25.4 Å². The average molecular weight is 574 g/mol. The molecule has 1 atom stereocenters. The number of hydrogen-bond donors (Lipinski definition) is 2. The molecule has 9 heteroatoms. The van der Waals surface area contributed by atoms with Crippen molar-refractivity contribution in [3.63, 3.8) is 0 Å². The number of allylic oxidation sites excluding steroid dienone is 4. The number of amides is 1. The summed E-state index contributed by atoms with van der Waals surface area (Å²) in [7, 11) is 1.78. The van der Waals surface area contributed by atoms with E-state index in [2.05, 4.69) is 29.1 Å². The molecule has 3 heterocycles. The second-order valence-corrected chi connectivity index (χ2v) is 12.0. The van der Waals surface area contributed by atoms with Gasteiger partial charge >= 0.3 is 12.1 Å². The Morgan fingerprint density at radius 1 is 1.20 bits per heavy atom. The van der Waals surface area contributed by atoms with Crippen LogP contribution in [0.15, 0.2) is 79.0 Å². The first-order chi connectivity index (χ1) is 19.2. The van der Waals surface area contributed by atoms with Crippen LogP contribution in [0, 0.1) is 5.41 Å². The van der Waals surface area contributed by atoms with E-state index in [1.165, 1.54) is 0 Å². The molecule has 0 aliphatic heterocycles. The minimum Gasteiger partial charge on any atom is -0.481 e. The summed E-state index contributed by atoms with van der Waals surface area (Å²) in [5.74, 6) is -0.190. The van der Waals surface area contributed by atoms with E-state index in [0.717, 1.165) is 47.8 Å². The smallest absolute Gasteiger partial charge is 0.413 e. The van der Waals surface area contributed by atoms with Crippen LogP contribution in [0.2, 0.25) is 0 Å². The van der Waals surface area contributed by atoms with Crippen molar-refractivity contribution in [2.75, 3.05) is 5.32 Å². The van der Waals surface area contributed by atoms with Crippen LogP contribution in [-0.2, 0) is 16.6 Å². The van der Waals surface area contributed by atoms with E-state index in [1.54, 1.807) is 40.6 Å². The Balaban J connectivity index is 1.31. The number of ether oxygens (including phenoxy) is 1. The third-order valence-electron chi connectivity index (χ3n) is 7.10. The zero-order valence-corrected chi connectivity index (χ0v) is 24.3. The monoisotopic (exact) mass is 573 g/mol. The highest BCUT2D eigenvalue weighted by Gasteiger charge is 2.52. The van der Waals surface area contributed by atoms with E-state index in [4.69, 9.17) is 4.74 Å². The maximum atomic E-state index is 12.7. The molecule has 206 valence electrons. The molecule has 5 rings (SSSR count). The van der Waals surface area contributed by atoms with Gasteiger partial charge in [0, 0.05) is 26.2 Å². The number of anilines is 1. The first-order valence-corrected chi connectivity index (χ1v) is 14.7. The lowest BCUT2D eigenvalue weighted by molar-refractivity contribution is -0.141. The lowest BCUT2D eigenvalue weighted by atomic mass is 9.94. The number of rotatable bonds is 10. The third-order valence-corrected chi connectivity index (χ3v) is 9.50. The number of carbonyl (C=O) groups is 2. The van der Waals surface area contributed by atoms with Gasteiger partial charge in [-0.3, -0.25) is 14.8 Å². The number of fused-ring (bicyclic) bond motifs is 1. The summed E-state index contributed by atoms with van der Waals surface area (Å²) >= 11 is 3.25. The van der Waals surface area contributed by atoms with Crippen LogP contribution in [0.1, 0.15) is 49.7 Å². The quantitative estimate of drug-likeness (QED) is 0.186. The van der Waals surface area contributed by atoms with Crippen LogP contribution in [0.5, 0.6) is 0 Å². The summed E-state index contributed by atoms with van der Waals surface area (Å²) < 4.78 is 9.43. The van der Waals surface area contributed by atoms with Gasteiger partial charge in [-0.25, -0.2) is 4.79 Å². The van der Waals surface area contributed by atoms with Crippen molar-refractivity contribution in [1.82, 2.24) is 9.78 Å². The van der Waals surface area contributed by atoms with E-state index in [1.807, 2.05) is 62.4 Å². The van der Waals surface area contributed by atoms with E-state index in [-0.39, 0.29) is 0 Å². The topological polar surface area (TPSA) is 93.5 Å². The van der Waals surface area contributed by atoms with Crippen molar-refractivity contribution >= 4 is 55.5 Å². The molecule has 0 saturated heterocycles. The van der Waals surface area contributed by atoms with Gasteiger partial charge in [-0.2, -0.15) is 5.10 Å². The van der Waals surface area contributed by atoms with Gasteiger partial charge in [-0.05, 0) is 55.0 Å². The number of aliphatic carboxylic acids is 1. The number of benzene rings is 1. The molecule has 1 fully saturated rings. The van der Waals surface area contributed by atoms with Gasteiger partial charge in [0.15, 0.2) is 0 Å². The molecule has 40 heavy (non-hydrogen) atoms. The molecule has 4 aromatic rings. The predicted octanol–water partition coefficient (Wildman–Crippen LogP) is 8.44. The summed E-state index contributed by atoms with van der Waals surface area (Å²) in [5.41, 5.74) is 2.70. The molecule has 1 amide bonds. The van der Waals surface area contributed by atoms with Gasteiger partial charge in [0.05, 0.1) is 17.2 Å². The van der Waals surface area contributed by atoms with Crippen molar-refractivity contribution in [3.05, 3.63) is 89.5 Å². The third kappa shape index (κ3) is 5.52. The summed E-state index contributed by atoms with van der Waals surface area (Å²) in [6.45, 7) is 8.09. The van der Waals surface area contributed by atoms with Gasteiger partial charge in [0.2, 0.25) is 0 Å². The van der Waals surface area contributed by atoms with Gasteiger partial charge in [0.1, 0.15) is 11.9 Å². The minimum absolute atomic E-state index is 0.391. The Morgan fingerprint density at radius 3 is 2.58 bits per heavy atom. The van der Waals surface area contributed by atoms with Crippen molar-refractivity contribution in [1.29, 1.82) is 0 Å². The molecular formula is C31H31N3O4S2. The maximum absolute atomic E-state index is 12.7. The fourth-order valence-electron chi connectivity index (χ4n) is 4.64. The van der Waals surface area contributed by atoms with Gasteiger partial charge < -0.3 is 9.84 Å². The largest absolute Gasteiger partial charge is 0.481 e. The Bertz CT molecular complexity index is 1610. The van der Waals surface area contributed by atoms with Crippen molar-refractivity contribution in [2.45, 2.75) is 39.2 Å². The number of hydrogen-bond acceptors (Lipinski definition) is 6. The molecule has 0 unspecified atom stereocenters. The Labute approximate surface area is 241 Å². The molecule has 1 aromatic carbocycles. The van der Waals surface area contributed by atoms with Crippen molar-refractivity contribution in [3.8, 4) is 10.4 Å². The molecule has 2 N–H and O–H groups in total. The SMILES string of the molecule is C=C(/C=C\C(=C/CC)C1(C(=O)O)CC1)c1cc2sc(-c3cnn(C)c3NC(=O)O[C@H](C)c3ccccc3)cc2s1. The minimum atomic E-state index is -0.755. The number of aromatic nitrogens is 2. The molecule has 1 aliphatic carbocycles. The molecule has 0 radical (unpaired) electrons. The van der Waals surface area contributed by atoms with E-state index >= 15 is 0 Å². The highest BCUT2D eigenvalue weighted by molar-refractivity contribution is 7.30. The number of carbonyl (C=O) groups excluding carboxylic acids is 1. The number of aryl methyl sites for hydroxylation is 1. The maximum Gasteiger partial charge on any atom is 0.413 e. The number of carboxylic acids is 1.